The molecule has 0 heterocycles. The number of anilines is 1. The summed E-state index contributed by atoms with van der Waals surface area (Å²) in [6, 6.07) is 5.69. The van der Waals surface area contributed by atoms with Crippen molar-refractivity contribution in [2.45, 2.75) is 13.3 Å². The van der Waals surface area contributed by atoms with E-state index in [0.29, 0.717) is 24.4 Å². The smallest absolute Gasteiger partial charge is 0.225 e. The first-order valence-corrected chi connectivity index (χ1v) is 5.26. The van der Waals surface area contributed by atoms with Crippen LogP contribution in [0.15, 0.2) is 18.2 Å². The van der Waals surface area contributed by atoms with E-state index in [2.05, 4.69) is 10.6 Å². The van der Waals surface area contributed by atoms with Gasteiger partial charge < -0.3 is 15.4 Å². The molecule has 0 radical (unpaired) electrons. The van der Waals surface area contributed by atoms with E-state index in [4.69, 9.17) is 4.74 Å². The van der Waals surface area contributed by atoms with Crippen molar-refractivity contribution in [1.82, 2.24) is 5.32 Å². The second-order valence-corrected chi connectivity index (χ2v) is 3.61. The Balaban J connectivity index is 2.69. The van der Waals surface area contributed by atoms with Crippen molar-refractivity contribution in [3.05, 3.63) is 23.8 Å². The molecule has 0 aliphatic heterocycles. The van der Waals surface area contributed by atoms with Crippen LogP contribution in [0.1, 0.15) is 12.0 Å². The van der Waals surface area contributed by atoms with Crippen LogP contribution in [-0.2, 0) is 4.79 Å². The summed E-state index contributed by atoms with van der Waals surface area (Å²) in [4.78, 5) is 11.5. The normalized spacial score (nSPS) is 9.94. The fourth-order valence-corrected chi connectivity index (χ4v) is 1.35. The topological polar surface area (TPSA) is 50.4 Å². The first-order chi connectivity index (χ1) is 7.67. The van der Waals surface area contributed by atoms with Gasteiger partial charge in [-0.1, -0.05) is 6.07 Å². The number of benzene rings is 1. The van der Waals surface area contributed by atoms with Crippen LogP contribution in [0.2, 0.25) is 0 Å². The standard InChI is InChI=1S/C12H18N2O2/c1-9-4-5-10(11(8-9)16-3)14-12(15)6-7-13-2/h4-5,8,13H,6-7H2,1-3H3,(H,14,15). The van der Waals surface area contributed by atoms with E-state index in [1.54, 1.807) is 7.11 Å². The van der Waals surface area contributed by atoms with E-state index in [9.17, 15) is 4.79 Å². The largest absolute Gasteiger partial charge is 0.495 e. The number of carbonyl (C=O) groups is 1. The summed E-state index contributed by atoms with van der Waals surface area (Å²) < 4.78 is 5.20. The van der Waals surface area contributed by atoms with Gasteiger partial charge in [-0.05, 0) is 31.7 Å². The van der Waals surface area contributed by atoms with Gasteiger partial charge in [-0.15, -0.1) is 0 Å². The summed E-state index contributed by atoms with van der Waals surface area (Å²) in [6.07, 6.45) is 0.452. The summed E-state index contributed by atoms with van der Waals surface area (Å²) in [6.45, 7) is 2.65. The van der Waals surface area contributed by atoms with Crippen molar-refractivity contribution in [2.24, 2.45) is 0 Å². The highest BCUT2D eigenvalue weighted by Gasteiger charge is 2.06. The third-order valence-electron chi connectivity index (χ3n) is 2.23. The lowest BCUT2D eigenvalue weighted by molar-refractivity contribution is -0.116. The average molecular weight is 222 g/mol. The molecule has 0 unspecified atom stereocenters. The molecule has 1 aromatic rings. The van der Waals surface area contributed by atoms with E-state index in [-0.39, 0.29) is 5.91 Å². The first kappa shape index (κ1) is 12.5. The minimum absolute atomic E-state index is 0.0171. The second-order valence-electron chi connectivity index (χ2n) is 3.61. The molecular weight excluding hydrogens is 204 g/mol. The lowest BCUT2D eigenvalue weighted by atomic mass is 10.2. The van der Waals surface area contributed by atoms with Crippen molar-refractivity contribution >= 4 is 11.6 Å². The number of amides is 1. The predicted octanol–water partition coefficient (Wildman–Crippen LogP) is 1.55. The van der Waals surface area contributed by atoms with E-state index in [1.807, 2.05) is 32.2 Å². The Morgan fingerprint density at radius 1 is 1.44 bits per heavy atom. The van der Waals surface area contributed by atoms with Crippen LogP contribution in [0.25, 0.3) is 0 Å². The second kappa shape index (κ2) is 6.12. The third-order valence-corrected chi connectivity index (χ3v) is 2.23. The van der Waals surface area contributed by atoms with E-state index >= 15 is 0 Å². The Labute approximate surface area is 96.0 Å². The van der Waals surface area contributed by atoms with Crippen LogP contribution in [-0.4, -0.2) is 26.6 Å². The summed E-state index contributed by atoms with van der Waals surface area (Å²) in [5.74, 6) is 0.675. The molecular formula is C12H18N2O2. The molecule has 0 saturated heterocycles. The number of nitrogens with one attached hydrogen (secondary N) is 2. The molecule has 1 amide bonds. The van der Waals surface area contributed by atoms with Gasteiger partial charge >= 0.3 is 0 Å². The molecule has 4 nitrogen and oxygen atoms in total. The van der Waals surface area contributed by atoms with Crippen LogP contribution < -0.4 is 15.4 Å². The minimum Gasteiger partial charge on any atom is -0.495 e. The highest BCUT2D eigenvalue weighted by Crippen LogP contribution is 2.25. The number of carbonyl (C=O) groups excluding carboxylic acids is 1. The molecule has 0 saturated carbocycles. The number of hydrogen-bond acceptors (Lipinski definition) is 3. The highest BCUT2D eigenvalue weighted by molar-refractivity contribution is 5.92. The molecule has 16 heavy (non-hydrogen) atoms. The van der Waals surface area contributed by atoms with Crippen LogP contribution >= 0.6 is 0 Å². The predicted molar refractivity (Wildman–Crippen MR) is 64.9 cm³/mol. The number of methoxy groups -OCH3 is 1. The van der Waals surface area contributed by atoms with Crippen molar-refractivity contribution in [1.29, 1.82) is 0 Å². The van der Waals surface area contributed by atoms with Crippen molar-refractivity contribution < 1.29 is 9.53 Å². The van der Waals surface area contributed by atoms with Gasteiger partial charge in [0.25, 0.3) is 0 Å². The Bertz CT molecular complexity index is 364. The maximum atomic E-state index is 11.5. The number of ether oxygens (including phenoxy) is 1. The molecule has 1 rings (SSSR count). The van der Waals surface area contributed by atoms with Gasteiger partial charge in [0.1, 0.15) is 5.75 Å². The average Bonchev–Trinajstić information content (AvgIpc) is 2.28. The van der Waals surface area contributed by atoms with E-state index < -0.39 is 0 Å². The summed E-state index contributed by atoms with van der Waals surface area (Å²) in [7, 11) is 3.41. The van der Waals surface area contributed by atoms with Gasteiger partial charge in [-0.25, -0.2) is 0 Å². The minimum atomic E-state index is -0.0171. The Morgan fingerprint density at radius 2 is 2.19 bits per heavy atom. The number of rotatable bonds is 5. The molecule has 0 aromatic heterocycles. The zero-order valence-corrected chi connectivity index (χ0v) is 9.96. The molecule has 4 heteroatoms. The Hall–Kier alpha value is -1.55. The van der Waals surface area contributed by atoms with Crippen LogP contribution in [0, 0.1) is 6.92 Å². The van der Waals surface area contributed by atoms with Crippen LogP contribution in [0.5, 0.6) is 5.75 Å². The molecule has 0 aliphatic carbocycles. The Kier molecular flexibility index (Phi) is 4.79. The molecule has 1 aromatic carbocycles. The molecule has 0 spiro atoms. The van der Waals surface area contributed by atoms with Crippen LogP contribution in [0.3, 0.4) is 0 Å². The van der Waals surface area contributed by atoms with Gasteiger partial charge in [0.15, 0.2) is 0 Å². The fourth-order valence-electron chi connectivity index (χ4n) is 1.35. The number of hydrogen-bond donors (Lipinski definition) is 2. The molecule has 0 fully saturated rings. The fraction of sp³-hybridized carbons (Fsp3) is 0.417. The summed E-state index contributed by atoms with van der Waals surface area (Å²) in [5.41, 5.74) is 1.82. The maximum Gasteiger partial charge on any atom is 0.225 e. The van der Waals surface area contributed by atoms with Crippen molar-refractivity contribution in [2.75, 3.05) is 26.0 Å². The van der Waals surface area contributed by atoms with Crippen LogP contribution in [0.4, 0.5) is 5.69 Å². The molecule has 88 valence electrons. The number of aryl methyl sites for hydroxylation is 1. The lowest BCUT2D eigenvalue weighted by Gasteiger charge is -2.10. The summed E-state index contributed by atoms with van der Waals surface area (Å²) >= 11 is 0. The van der Waals surface area contributed by atoms with E-state index in [1.165, 1.54) is 0 Å². The van der Waals surface area contributed by atoms with Gasteiger partial charge in [0.2, 0.25) is 5.91 Å². The van der Waals surface area contributed by atoms with Crippen molar-refractivity contribution in [3.63, 3.8) is 0 Å². The Morgan fingerprint density at radius 3 is 2.81 bits per heavy atom. The zero-order valence-electron chi connectivity index (χ0n) is 9.96. The lowest BCUT2D eigenvalue weighted by Crippen LogP contribution is -2.19. The molecule has 0 aliphatic rings. The van der Waals surface area contributed by atoms with Crippen molar-refractivity contribution in [3.8, 4) is 5.75 Å². The third kappa shape index (κ3) is 3.55. The molecule has 2 N–H and O–H groups in total. The van der Waals surface area contributed by atoms with Gasteiger partial charge in [-0.2, -0.15) is 0 Å². The monoisotopic (exact) mass is 222 g/mol. The van der Waals surface area contributed by atoms with Gasteiger partial charge in [0, 0.05) is 13.0 Å². The molecule has 0 bridgehead atoms. The maximum absolute atomic E-state index is 11.5. The quantitative estimate of drug-likeness (QED) is 0.794. The first-order valence-electron chi connectivity index (χ1n) is 5.26. The van der Waals surface area contributed by atoms with Gasteiger partial charge in [0.05, 0.1) is 12.8 Å². The summed E-state index contributed by atoms with van der Waals surface area (Å²) in [5, 5.41) is 5.75. The highest BCUT2D eigenvalue weighted by atomic mass is 16.5. The SMILES string of the molecule is CNCCC(=O)Nc1ccc(C)cc1OC. The van der Waals surface area contributed by atoms with Gasteiger partial charge in [-0.3, -0.25) is 4.79 Å². The molecule has 0 atom stereocenters. The van der Waals surface area contributed by atoms with E-state index in [0.717, 1.165) is 5.56 Å². The zero-order chi connectivity index (χ0) is 12.0.